The molecule has 0 radical (unpaired) electrons. The number of carboxylic acid groups (broad SMARTS) is 1. The molecule has 0 saturated carbocycles. The van der Waals surface area contributed by atoms with Gasteiger partial charge in [-0.05, 0) is 49.6 Å². The minimum Gasteiger partial charge on any atom is -0.491 e. The van der Waals surface area contributed by atoms with Gasteiger partial charge in [0.25, 0.3) is 0 Å². The number of hydrogen-bond acceptors (Lipinski definition) is 3. The van der Waals surface area contributed by atoms with Crippen LogP contribution >= 0.6 is 0 Å². The first kappa shape index (κ1) is 15.9. The van der Waals surface area contributed by atoms with Gasteiger partial charge in [-0.2, -0.15) is 0 Å². The molecule has 1 unspecified atom stereocenters. The largest absolute Gasteiger partial charge is 0.491 e. The number of para-hydroxylation sites is 1. The van der Waals surface area contributed by atoms with Crippen LogP contribution in [0, 0.1) is 0 Å². The summed E-state index contributed by atoms with van der Waals surface area (Å²) in [6.45, 7) is 3.90. The predicted octanol–water partition coefficient (Wildman–Crippen LogP) is 3.47. The third kappa shape index (κ3) is 4.01. The fourth-order valence-electron chi connectivity index (χ4n) is 2.34. The van der Waals surface area contributed by atoms with Gasteiger partial charge in [0.1, 0.15) is 5.75 Å². The fourth-order valence-corrected chi connectivity index (χ4v) is 2.34. The molecule has 0 bridgehead atoms. The highest BCUT2D eigenvalue weighted by atomic mass is 16.5. The monoisotopic (exact) mass is 299 g/mol. The molecule has 0 heterocycles. The van der Waals surface area contributed by atoms with Crippen LogP contribution in [0.5, 0.6) is 5.75 Å². The van der Waals surface area contributed by atoms with Gasteiger partial charge >= 0.3 is 5.97 Å². The highest BCUT2D eigenvalue weighted by Gasteiger charge is 2.22. The number of carboxylic acids is 1. The number of aliphatic carboxylic acids is 1. The molecule has 116 valence electrons. The van der Waals surface area contributed by atoms with E-state index in [0.717, 1.165) is 16.9 Å². The minimum atomic E-state index is -0.857. The van der Waals surface area contributed by atoms with Crippen LogP contribution in [0.2, 0.25) is 0 Å². The molecule has 0 amide bonds. The summed E-state index contributed by atoms with van der Waals surface area (Å²) >= 11 is 0. The zero-order valence-electron chi connectivity index (χ0n) is 12.8. The number of nitrogens with two attached hydrogens (primary N) is 1. The van der Waals surface area contributed by atoms with Crippen LogP contribution in [0.3, 0.4) is 0 Å². The van der Waals surface area contributed by atoms with E-state index in [1.807, 2.05) is 38.1 Å². The molecule has 0 fully saturated rings. The molecule has 2 aromatic rings. The van der Waals surface area contributed by atoms with E-state index in [9.17, 15) is 9.90 Å². The van der Waals surface area contributed by atoms with E-state index in [4.69, 9.17) is 10.5 Å². The molecule has 0 aromatic heterocycles. The number of hydrogen-bond donors (Lipinski definition) is 2. The fraction of sp³-hybridized carbons (Fsp3) is 0.278. The van der Waals surface area contributed by atoms with Crippen LogP contribution in [0.25, 0.3) is 0 Å². The lowest BCUT2D eigenvalue weighted by Crippen LogP contribution is -2.16. The lowest BCUT2D eigenvalue weighted by atomic mass is 9.91. The molecule has 3 N–H and O–H groups in total. The Morgan fingerprint density at radius 3 is 2.36 bits per heavy atom. The molecule has 0 aliphatic carbocycles. The van der Waals surface area contributed by atoms with Crippen LogP contribution in [0.4, 0.5) is 5.69 Å². The molecule has 0 aliphatic rings. The molecular formula is C18H21NO3. The standard InChI is InChI=1S/C18H21NO3/c1-12(2)22-17-6-4-3-5-14(17)11-16(18(20)21)13-7-9-15(19)10-8-13/h3-10,12,16H,11,19H2,1-2H3,(H,20,21). The van der Waals surface area contributed by atoms with Crippen molar-refractivity contribution in [2.24, 2.45) is 0 Å². The lowest BCUT2D eigenvalue weighted by molar-refractivity contribution is -0.138. The van der Waals surface area contributed by atoms with Crippen molar-refractivity contribution in [3.05, 3.63) is 59.7 Å². The molecule has 0 aliphatic heterocycles. The second kappa shape index (κ2) is 6.98. The molecule has 4 nitrogen and oxygen atoms in total. The molecule has 2 rings (SSSR count). The van der Waals surface area contributed by atoms with Crippen LogP contribution in [0.15, 0.2) is 48.5 Å². The average molecular weight is 299 g/mol. The van der Waals surface area contributed by atoms with Crippen molar-refractivity contribution in [2.75, 3.05) is 5.73 Å². The van der Waals surface area contributed by atoms with Crippen molar-refractivity contribution in [1.29, 1.82) is 0 Å². The van der Waals surface area contributed by atoms with Gasteiger partial charge in [0.15, 0.2) is 0 Å². The molecule has 0 spiro atoms. The van der Waals surface area contributed by atoms with Gasteiger partial charge in [-0.1, -0.05) is 30.3 Å². The number of benzene rings is 2. The van der Waals surface area contributed by atoms with E-state index in [1.165, 1.54) is 0 Å². The molecule has 1 atom stereocenters. The highest BCUT2D eigenvalue weighted by Crippen LogP contribution is 2.28. The maximum Gasteiger partial charge on any atom is 0.311 e. The summed E-state index contributed by atoms with van der Waals surface area (Å²) in [4.78, 5) is 11.7. The Kier molecular flexibility index (Phi) is 5.04. The Morgan fingerprint density at radius 2 is 1.77 bits per heavy atom. The number of carbonyl (C=O) groups is 1. The summed E-state index contributed by atoms with van der Waals surface area (Å²) in [5.74, 6) is -0.749. The van der Waals surface area contributed by atoms with E-state index in [0.29, 0.717) is 12.1 Å². The van der Waals surface area contributed by atoms with Gasteiger partial charge in [-0.3, -0.25) is 4.79 Å². The van der Waals surface area contributed by atoms with Gasteiger partial charge in [0.2, 0.25) is 0 Å². The van der Waals surface area contributed by atoms with E-state index < -0.39 is 11.9 Å². The average Bonchev–Trinajstić information content (AvgIpc) is 2.46. The molecular weight excluding hydrogens is 278 g/mol. The van der Waals surface area contributed by atoms with Crippen molar-refractivity contribution < 1.29 is 14.6 Å². The summed E-state index contributed by atoms with van der Waals surface area (Å²) in [6, 6.07) is 14.5. The zero-order valence-corrected chi connectivity index (χ0v) is 12.8. The smallest absolute Gasteiger partial charge is 0.311 e. The SMILES string of the molecule is CC(C)Oc1ccccc1CC(C(=O)O)c1ccc(N)cc1. The Balaban J connectivity index is 2.29. The predicted molar refractivity (Wildman–Crippen MR) is 87.1 cm³/mol. The Hall–Kier alpha value is -2.49. The first-order valence-electron chi connectivity index (χ1n) is 7.30. The van der Waals surface area contributed by atoms with Crippen molar-refractivity contribution in [3.8, 4) is 5.75 Å². The second-order valence-electron chi connectivity index (χ2n) is 5.54. The van der Waals surface area contributed by atoms with Crippen LogP contribution in [-0.4, -0.2) is 17.2 Å². The topological polar surface area (TPSA) is 72.5 Å². The molecule has 2 aromatic carbocycles. The van der Waals surface area contributed by atoms with Crippen LogP contribution in [0.1, 0.15) is 30.9 Å². The minimum absolute atomic E-state index is 0.0425. The van der Waals surface area contributed by atoms with E-state index in [-0.39, 0.29) is 6.10 Å². The van der Waals surface area contributed by atoms with Crippen molar-refractivity contribution >= 4 is 11.7 Å². The van der Waals surface area contributed by atoms with Crippen molar-refractivity contribution in [1.82, 2.24) is 0 Å². The molecule has 4 heteroatoms. The maximum absolute atomic E-state index is 11.7. The first-order chi connectivity index (χ1) is 10.5. The summed E-state index contributed by atoms with van der Waals surface area (Å²) in [5, 5.41) is 9.56. The first-order valence-corrected chi connectivity index (χ1v) is 7.30. The lowest BCUT2D eigenvalue weighted by Gasteiger charge is -2.18. The third-order valence-corrected chi connectivity index (χ3v) is 3.40. The Bertz CT molecular complexity index is 635. The van der Waals surface area contributed by atoms with Gasteiger partial charge in [0, 0.05) is 5.69 Å². The Labute approximate surface area is 130 Å². The Morgan fingerprint density at radius 1 is 1.14 bits per heavy atom. The van der Waals surface area contributed by atoms with E-state index in [1.54, 1.807) is 24.3 Å². The highest BCUT2D eigenvalue weighted by molar-refractivity contribution is 5.77. The quantitative estimate of drug-likeness (QED) is 0.801. The zero-order chi connectivity index (χ0) is 16.1. The van der Waals surface area contributed by atoms with Crippen LogP contribution in [-0.2, 0) is 11.2 Å². The summed E-state index contributed by atoms with van der Waals surface area (Å²) in [7, 11) is 0. The third-order valence-electron chi connectivity index (χ3n) is 3.40. The van der Waals surface area contributed by atoms with Gasteiger partial charge in [-0.15, -0.1) is 0 Å². The summed E-state index contributed by atoms with van der Waals surface area (Å²) < 4.78 is 5.77. The van der Waals surface area contributed by atoms with Crippen molar-refractivity contribution in [2.45, 2.75) is 32.3 Å². The molecule has 22 heavy (non-hydrogen) atoms. The number of rotatable bonds is 6. The van der Waals surface area contributed by atoms with Crippen LogP contribution < -0.4 is 10.5 Å². The number of anilines is 1. The number of ether oxygens (including phenoxy) is 1. The normalized spacial score (nSPS) is 12.1. The van der Waals surface area contributed by atoms with E-state index >= 15 is 0 Å². The number of nitrogen functional groups attached to an aromatic ring is 1. The van der Waals surface area contributed by atoms with Gasteiger partial charge in [0.05, 0.1) is 12.0 Å². The summed E-state index contributed by atoms with van der Waals surface area (Å²) in [5.41, 5.74) is 7.92. The molecule has 0 saturated heterocycles. The van der Waals surface area contributed by atoms with Gasteiger partial charge in [-0.25, -0.2) is 0 Å². The summed E-state index contributed by atoms with van der Waals surface area (Å²) in [6.07, 6.45) is 0.420. The van der Waals surface area contributed by atoms with E-state index in [2.05, 4.69) is 0 Å². The van der Waals surface area contributed by atoms with Gasteiger partial charge < -0.3 is 15.6 Å². The maximum atomic E-state index is 11.7. The second-order valence-corrected chi connectivity index (χ2v) is 5.54. The van der Waals surface area contributed by atoms with Crippen molar-refractivity contribution in [3.63, 3.8) is 0 Å².